The van der Waals surface area contributed by atoms with E-state index in [1.807, 2.05) is 24.4 Å². The lowest BCUT2D eigenvalue weighted by Gasteiger charge is -2.11. The predicted octanol–water partition coefficient (Wildman–Crippen LogP) is 1.26. The van der Waals surface area contributed by atoms with Crippen LogP contribution in [0, 0.1) is 19.3 Å². The molecule has 2 rings (SSSR count). The maximum atomic E-state index is 5.40. The van der Waals surface area contributed by atoms with E-state index in [9.17, 15) is 0 Å². The van der Waals surface area contributed by atoms with Crippen LogP contribution in [0.25, 0.3) is 5.65 Å². The smallest absolute Gasteiger partial charge is 0.203 e. The molecule has 0 aliphatic rings. The molecule has 0 spiro atoms. The van der Waals surface area contributed by atoms with Crippen LogP contribution in [0.4, 0.5) is 5.82 Å². The molecule has 0 amide bonds. The Kier molecular flexibility index (Phi) is 2.73. The summed E-state index contributed by atoms with van der Waals surface area (Å²) in [6.45, 7) is 3.91. The summed E-state index contributed by atoms with van der Waals surface area (Å²) < 4.78 is 1.87. The number of fused-ring (bicyclic) bond motifs is 1. The highest BCUT2D eigenvalue weighted by Crippen LogP contribution is 2.13. The molecular formula is C11H13N5. The van der Waals surface area contributed by atoms with Gasteiger partial charge in [0.25, 0.3) is 0 Å². The van der Waals surface area contributed by atoms with Crippen molar-refractivity contribution in [2.75, 3.05) is 5.32 Å². The fraction of sp³-hybridized carbons (Fsp3) is 0.364. The van der Waals surface area contributed by atoms with Gasteiger partial charge in [0, 0.05) is 12.4 Å². The number of nitrogens with zero attached hydrogens (tertiary/aromatic N) is 4. The van der Waals surface area contributed by atoms with Crippen LogP contribution in [-0.4, -0.2) is 25.6 Å². The minimum atomic E-state index is -0.0318. The summed E-state index contributed by atoms with van der Waals surface area (Å²) in [5.74, 6) is 4.17. The van der Waals surface area contributed by atoms with Gasteiger partial charge in [0.15, 0.2) is 5.82 Å². The highest BCUT2D eigenvalue weighted by molar-refractivity contribution is 5.62. The van der Waals surface area contributed by atoms with E-state index in [2.05, 4.69) is 26.4 Å². The fourth-order valence-corrected chi connectivity index (χ4v) is 1.47. The predicted molar refractivity (Wildman–Crippen MR) is 62.1 cm³/mol. The molecule has 0 bridgehead atoms. The van der Waals surface area contributed by atoms with E-state index in [1.54, 1.807) is 6.20 Å². The average Bonchev–Trinajstić information content (AvgIpc) is 2.69. The van der Waals surface area contributed by atoms with Crippen molar-refractivity contribution >= 4 is 11.5 Å². The van der Waals surface area contributed by atoms with Gasteiger partial charge in [-0.15, -0.1) is 16.6 Å². The minimum Gasteiger partial charge on any atom is -0.353 e. The molecule has 0 aliphatic carbocycles. The SMILES string of the molecule is C#CC(CC)Nc1nccn2c(C)nnc12. The monoisotopic (exact) mass is 215 g/mol. The molecule has 5 nitrogen and oxygen atoms in total. The maximum absolute atomic E-state index is 5.40. The van der Waals surface area contributed by atoms with Gasteiger partial charge >= 0.3 is 0 Å². The molecule has 0 aromatic carbocycles. The Morgan fingerprint density at radius 3 is 3.06 bits per heavy atom. The zero-order valence-corrected chi connectivity index (χ0v) is 9.31. The largest absolute Gasteiger partial charge is 0.353 e. The van der Waals surface area contributed by atoms with Crippen molar-refractivity contribution in [2.24, 2.45) is 0 Å². The van der Waals surface area contributed by atoms with Gasteiger partial charge < -0.3 is 5.32 Å². The van der Waals surface area contributed by atoms with Gasteiger partial charge in [-0.05, 0) is 13.3 Å². The third-order valence-corrected chi connectivity index (χ3v) is 2.42. The Labute approximate surface area is 93.9 Å². The van der Waals surface area contributed by atoms with Gasteiger partial charge in [0.2, 0.25) is 5.65 Å². The number of aromatic nitrogens is 4. The van der Waals surface area contributed by atoms with Crippen LogP contribution in [0.5, 0.6) is 0 Å². The lowest BCUT2D eigenvalue weighted by atomic mass is 10.2. The summed E-state index contributed by atoms with van der Waals surface area (Å²) in [4.78, 5) is 4.23. The Morgan fingerprint density at radius 1 is 1.56 bits per heavy atom. The van der Waals surface area contributed by atoms with E-state index in [0.29, 0.717) is 11.5 Å². The second kappa shape index (κ2) is 4.19. The Hall–Kier alpha value is -2.09. The third-order valence-electron chi connectivity index (χ3n) is 2.42. The number of hydrogen-bond donors (Lipinski definition) is 1. The van der Waals surface area contributed by atoms with E-state index < -0.39 is 0 Å². The molecule has 2 heterocycles. The van der Waals surface area contributed by atoms with E-state index >= 15 is 0 Å². The second-order valence-electron chi connectivity index (χ2n) is 3.49. The summed E-state index contributed by atoms with van der Waals surface area (Å²) in [6.07, 6.45) is 9.77. The fourth-order valence-electron chi connectivity index (χ4n) is 1.47. The Balaban J connectivity index is 2.42. The van der Waals surface area contributed by atoms with Crippen molar-refractivity contribution in [3.63, 3.8) is 0 Å². The van der Waals surface area contributed by atoms with E-state index in [0.717, 1.165) is 12.2 Å². The maximum Gasteiger partial charge on any atom is 0.203 e. The van der Waals surface area contributed by atoms with E-state index in [1.165, 1.54) is 0 Å². The van der Waals surface area contributed by atoms with Crippen LogP contribution in [-0.2, 0) is 0 Å². The summed E-state index contributed by atoms with van der Waals surface area (Å²) in [5, 5.41) is 11.2. The number of terminal acetylenes is 1. The quantitative estimate of drug-likeness (QED) is 0.783. The van der Waals surface area contributed by atoms with Crippen LogP contribution >= 0.6 is 0 Å². The molecular weight excluding hydrogens is 202 g/mol. The van der Waals surface area contributed by atoms with Crippen molar-refractivity contribution in [3.05, 3.63) is 18.2 Å². The van der Waals surface area contributed by atoms with Gasteiger partial charge in [-0.3, -0.25) is 4.40 Å². The molecule has 16 heavy (non-hydrogen) atoms. The summed E-state index contributed by atoms with van der Waals surface area (Å²) in [7, 11) is 0. The second-order valence-corrected chi connectivity index (χ2v) is 3.49. The topological polar surface area (TPSA) is 55.1 Å². The minimum absolute atomic E-state index is 0.0318. The van der Waals surface area contributed by atoms with Gasteiger partial charge in [-0.1, -0.05) is 12.8 Å². The lowest BCUT2D eigenvalue weighted by Crippen LogP contribution is -2.17. The van der Waals surface area contributed by atoms with Crippen molar-refractivity contribution in [3.8, 4) is 12.3 Å². The molecule has 1 unspecified atom stereocenters. The van der Waals surface area contributed by atoms with Crippen LogP contribution in [0.3, 0.4) is 0 Å². The summed E-state index contributed by atoms with van der Waals surface area (Å²) in [5.41, 5.74) is 0.703. The average molecular weight is 215 g/mol. The molecule has 0 saturated heterocycles. The normalized spacial score (nSPS) is 12.3. The lowest BCUT2D eigenvalue weighted by molar-refractivity contribution is 0.849. The third kappa shape index (κ3) is 1.70. The summed E-state index contributed by atoms with van der Waals surface area (Å²) >= 11 is 0. The molecule has 2 aromatic rings. The number of anilines is 1. The number of rotatable bonds is 3. The van der Waals surface area contributed by atoms with Crippen LogP contribution in [0.15, 0.2) is 12.4 Å². The molecule has 0 radical (unpaired) electrons. The van der Waals surface area contributed by atoms with Crippen LogP contribution in [0.2, 0.25) is 0 Å². The van der Waals surface area contributed by atoms with Crippen molar-refractivity contribution in [2.45, 2.75) is 26.3 Å². The zero-order valence-electron chi connectivity index (χ0n) is 9.31. The van der Waals surface area contributed by atoms with Gasteiger partial charge in [0.05, 0.1) is 6.04 Å². The number of nitrogens with one attached hydrogen (secondary N) is 1. The number of hydrogen-bond acceptors (Lipinski definition) is 4. The Bertz CT molecular complexity index is 537. The van der Waals surface area contributed by atoms with Crippen molar-refractivity contribution in [1.29, 1.82) is 0 Å². The number of aryl methyl sites for hydroxylation is 1. The van der Waals surface area contributed by atoms with Crippen molar-refractivity contribution < 1.29 is 0 Å². The van der Waals surface area contributed by atoms with Gasteiger partial charge in [-0.2, -0.15) is 0 Å². The van der Waals surface area contributed by atoms with Gasteiger partial charge in [0.1, 0.15) is 5.82 Å². The highest BCUT2D eigenvalue weighted by atomic mass is 15.3. The first-order valence-corrected chi connectivity index (χ1v) is 5.15. The van der Waals surface area contributed by atoms with Crippen LogP contribution < -0.4 is 5.32 Å². The first kappa shape index (κ1) is 10.4. The molecule has 0 saturated carbocycles. The molecule has 0 fully saturated rings. The Morgan fingerprint density at radius 2 is 2.38 bits per heavy atom. The molecule has 0 aliphatic heterocycles. The molecule has 5 heteroatoms. The summed E-state index contributed by atoms with van der Waals surface area (Å²) in [6, 6.07) is -0.0318. The zero-order chi connectivity index (χ0) is 11.5. The molecule has 1 N–H and O–H groups in total. The molecule has 1 atom stereocenters. The van der Waals surface area contributed by atoms with Gasteiger partial charge in [-0.25, -0.2) is 4.98 Å². The first-order valence-electron chi connectivity index (χ1n) is 5.15. The molecule has 82 valence electrons. The van der Waals surface area contributed by atoms with Crippen LogP contribution in [0.1, 0.15) is 19.2 Å². The van der Waals surface area contributed by atoms with Crippen molar-refractivity contribution in [1.82, 2.24) is 19.6 Å². The highest BCUT2D eigenvalue weighted by Gasteiger charge is 2.10. The standard InChI is InChI=1S/C11H13N5/c1-4-9(5-2)13-10-11-15-14-8(3)16(11)7-6-12-10/h1,6-7,9H,5H2,2-3H3,(H,12,13). The van der Waals surface area contributed by atoms with E-state index in [4.69, 9.17) is 6.42 Å². The molecule has 2 aromatic heterocycles. The first-order chi connectivity index (χ1) is 7.76. The van der Waals surface area contributed by atoms with E-state index in [-0.39, 0.29) is 6.04 Å².